The van der Waals surface area contributed by atoms with Crippen LogP contribution in [0.1, 0.15) is 29.9 Å². The average Bonchev–Trinajstić information content (AvgIpc) is 2.94. The topological polar surface area (TPSA) is 112 Å². The van der Waals surface area contributed by atoms with Gasteiger partial charge in [0, 0.05) is 55.5 Å². The van der Waals surface area contributed by atoms with E-state index in [9.17, 15) is 26.6 Å². The Morgan fingerprint density at radius 2 is 1.88 bits per heavy atom. The predicted octanol–water partition coefficient (Wildman–Crippen LogP) is 4.22. The predicted molar refractivity (Wildman–Crippen MR) is 118 cm³/mol. The minimum absolute atomic E-state index is 0.0462. The van der Waals surface area contributed by atoms with Crippen LogP contribution in [0.3, 0.4) is 0 Å². The number of carbonyl (C=O) groups is 1. The first-order valence-corrected chi connectivity index (χ1v) is 12.2. The third-order valence-electron chi connectivity index (χ3n) is 5.33. The van der Waals surface area contributed by atoms with Crippen molar-refractivity contribution in [2.75, 3.05) is 29.6 Å². The summed E-state index contributed by atoms with van der Waals surface area (Å²) in [6.45, 7) is 0.0884. The van der Waals surface area contributed by atoms with E-state index >= 15 is 0 Å². The highest BCUT2D eigenvalue weighted by atomic mass is 32.2. The fourth-order valence-corrected chi connectivity index (χ4v) is 4.23. The van der Waals surface area contributed by atoms with Crippen LogP contribution < -0.4 is 10.2 Å². The van der Waals surface area contributed by atoms with Gasteiger partial charge in [0.2, 0.25) is 11.7 Å². The van der Waals surface area contributed by atoms with Gasteiger partial charge in [0.05, 0.1) is 15.2 Å². The largest absolute Gasteiger partial charge is 0.356 e. The molecule has 1 aromatic carbocycles. The molecule has 0 aliphatic carbocycles. The molecule has 3 heterocycles. The van der Waals surface area contributed by atoms with Gasteiger partial charge in [-0.15, -0.1) is 0 Å². The van der Waals surface area contributed by atoms with Crippen molar-refractivity contribution in [3.05, 3.63) is 47.9 Å². The monoisotopic (exact) mass is 496 g/mol. The maximum atomic E-state index is 14.0. The number of hydrogen-bond acceptors (Lipinski definition) is 7. The fourth-order valence-electron chi connectivity index (χ4n) is 3.61. The summed E-state index contributed by atoms with van der Waals surface area (Å²) in [4.78, 5) is 26.5. The van der Waals surface area contributed by atoms with Gasteiger partial charge in [0.25, 0.3) is 5.91 Å². The molecule has 2 aromatic heterocycles. The minimum atomic E-state index is -3.14. The summed E-state index contributed by atoms with van der Waals surface area (Å²) in [6.07, 6.45) is 1.83. The van der Waals surface area contributed by atoms with Gasteiger partial charge in [0.15, 0.2) is 11.6 Å². The second-order valence-electron chi connectivity index (χ2n) is 8.03. The Morgan fingerprint density at radius 3 is 2.62 bits per heavy atom. The lowest BCUT2D eigenvalue weighted by Crippen LogP contribution is -2.28. The molecule has 4 rings (SSSR count). The van der Waals surface area contributed by atoms with E-state index in [0.717, 1.165) is 12.1 Å². The van der Waals surface area contributed by atoms with Gasteiger partial charge < -0.3 is 10.2 Å². The quantitative estimate of drug-likeness (QED) is 0.524. The highest BCUT2D eigenvalue weighted by Gasteiger charge is 2.33. The van der Waals surface area contributed by atoms with Crippen molar-refractivity contribution in [3.63, 3.8) is 0 Å². The Balaban J connectivity index is 1.75. The van der Waals surface area contributed by atoms with Gasteiger partial charge >= 0.3 is 0 Å². The number of rotatable bonds is 4. The minimum Gasteiger partial charge on any atom is -0.356 e. The molecule has 0 saturated carbocycles. The van der Waals surface area contributed by atoms with E-state index in [4.69, 9.17) is 4.78 Å². The number of benzene rings is 1. The molecular weight excluding hydrogens is 476 g/mol. The Kier molecular flexibility index (Phi) is 6.14. The maximum Gasteiger partial charge on any atom is 0.293 e. The van der Waals surface area contributed by atoms with Crippen LogP contribution in [-0.2, 0) is 9.73 Å². The summed E-state index contributed by atoms with van der Waals surface area (Å²) < 4.78 is 75.2. The second kappa shape index (κ2) is 8.78. The van der Waals surface area contributed by atoms with Gasteiger partial charge in [-0.1, -0.05) is 0 Å². The van der Waals surface area contributed by atoms with Gasteiger partial charge in [-0.05, 0) is 24.6 Å². The maximum absolute atomic E-state index is 14.0. The first kappa shape index (κ1) is 23.8. The summed E-state index contributed by atoms with van der Waals surface area (Å²) in [7, 11) is -3.14. The van der Waals surface area contributed by atoms with E-state index in [0.29, 0.717) is 0 Å². The van der Waals surface area contributed by atoms with Crippen LogP contribution in [0, 0.1) is 16.4 Å². The van der Waals surface area contributed by atoms with Crippen LogP contribution in [0.25, 0.3) is 10.9 Å². The third kappa shape index (κ3) is 5.08. The smallest absolute Gasteiger partial charge is 0.293 e. The number of carbonyl (C=O) groups excluding carboxylic acids is 1. The molecule has 0 spiro atoms. The third-order valence-corrected chi connectivity index (χ3v) is 6.35. The van der Waals surface area contributed by atoms with Gasteiger partial charge in [-0.3, -0.25) is 4.79 Å². The number of amides is 1. The Labute approximate surface area is 192 Å². The van der Waals surface area contributed by atoms with Crippen LogP contribution in [0.15, 0.2) is 35.5 Å². The molecule has 1 aliphatic rings. The molecule has 13 heteroatoms. The number of alkyl halides is 2. The molecule has 1 unspecified atom stereocenters. The van der Waals surface area contributed by atoms with Gasteiger partial charge in [-0.25, -0.2) is 41.5 Å². The highest BCUT2D eigenvalue weighted by Crippen LogP contribution is 2.32. The number of hydrogen-bond donors (Lipinski definition) is 2. The molecule has 34 heavy (non-hydrogen) atoms. The zero-order valence-corrected chi connectivity index (χ0v) is 18.8. The lowest BCUT2D eigenvalue weighted by molar-refractivity contribution is -0.0102. The van der Waals surface area contributed by atoms with E-state index in [1.165, 1.54) is 29.5 Å². The van der Waals surface area contributed by atoms with Crippen molar-refractivity contribution >= 4 is 38.0 Å². The molecule has 180 valence electrons. The molecule has 1 aliphatic heterocycles. The molecule has 1 saturated heterocycles. The summed E-state index contributed by atoms with van der Waals surface area (Å²) in [6, 6.07) is 4.36. The van der Waals surface area contributed by atoms with Crippen molar-refractivity contribution in [1.29, 1.82) is 4.78 Å². The average molecular weight is 496 g/mol. The molecule has 1 atom stereocenters. The second-order valence-corrected chi connectivity index (χ2v) is 10.1. The van der Waals surface area contributed by atoms with E-state index in [1.807, 2.05) is 0 Å². The van der Waals surface area contributed by atoms with Crippen LogP contribution in [0.2, 0.25) is 0 Å². The van der Waals surface area contributed by atoms with E-state index in [-0.39, 0.29) is 53.4 Å². The van der Waals surface area contributed by atoms with Crippen LogP contribution >= 0.6 is 0 Å². The summed E-state index contributed by atoms with van der Waals surface area (Å²) >= 11 is 0. The standard InChI is InChI=1S/C21H20F4N6O2S/c1-34(26,33)17-9-12(3-6-27-17)28-20(32)18-29-16-11-15(23)14(22)10-13(16)19(30-18)31-7-2-4-21(24,25)5-8-31/h3,6,9-11,26H,2,4-5,7-8H2,1H3,(H,27,28,32). The van der Waals surface area contributed by atoms with E-state index < -0.39 is 45.4 Å². The molecule has 1 fully saturated rings. The van der Waals surface area contributed by atoms with Crippen molar-refractivity contribution in [1.82, 2.24) is 15.0 Å². The summed E-state index contributed by atoms with van der Waals surface area (Å²) in [5, 5.41) is 2.54. The summed E-state index contributed by atoms with van der Waals surface area (Å²) in [5.41, 5.74) is 0.102. The van der Waals surface area contributed by atoms with Crippen molar-refractivity contribution < 1.29 is 26.6 Å². The fraction of sp³-hybridized carbons (Fsp3) is 0.333. The zero-order valence-electron chi connectivity index (χ0n) is 17.9. The SMILES string of the molecule is CS(=N)(=O)c1cc(NC(=O)c2nc(N3CCCC(F)(F)CC3)c3cc(F)c(F)cc3n2)ccn1. The van der Waals surface area contributed by atoms with Gasteiger partial charge in [0.1, 0.15) is 10.8 Å². The Bertz CT molecular complexity index is 1380. The van der Waals surface area contributed by atoms with E-state index in [2.05, 4.69) is 20.3 Å². The number of anilines is 2. The molecule has 0 radical (unpaired) electrons. The van der Waals surface area contributed by atoms with Crippen LogP contribution in [-0.4, -0.2) is 50.3 Å². The molecule has 1 amide bonds. The van der Waals surface area contributed by atoms with Crippen molar-refractivity contribution in [3.8, 4) is 0 Å². The molecule has 2 N–H and O–H groups in total. The molecular formula is C21H20F4N6O2S. The molecule has 8 nitrogen and oxygen atoms in total. The van der Waals surface area contributed by atoms with Crippen LogP contribution in [0.5, 0.6) is 0 Å². The molecule has 0 bridgehead atoms. The van der Waals surface area contributed by atoms with Crippen LogP contribution in [0.4, 0.5) is 29.1 Å². The van der Waals surface area contributed by atoms with Gasteiger partial charge in [-0.2, -0.15) is 0 Å². The summed E-state index contributed by atoms with van der Waals surface area (Å²) in [5.74, 6) is -6.37. The number of nitrogens with zero attached hydrogens (tertiary/aromatic N) is 4. The zero-order chi connectivity index (χ0) is 24.7. The number of nitrogens with one attached hydrogen (secondary N) is 2. The Hall–Kier alpha value is -3.35. The lowest BCUT2D eigenvalue weighted by atomic mass is 10.1. The number of halogens is 4. The number of aromatic nitrogens is 3. The van der Waals surface area contributed by atoms with Crippen molar-refractivity contribution in [2.45, 2.75) is 30.2 Å². The molecule has 3 aromatic rings. The highest BCUT2D eigenvalue weighted by molar-refractivity contribution is 7.91. The first-order valence-electron chi connectivity index (χ1n) is 10.2. The number of pyridine rings is 1. The van der Waals surface area contributed by atoms with E-state index in [1.54, 1.807) is 0 Å². The Morgan fingerprint density at radius 1 is 1.15 bits per heavy atom. The number of fused-ring (bicyclic) bond motifs is 1. The van der Waals surface area contributed by atoms with Crippen molar-refractivity contribution in [2.24, 2.45) is 0 Å². The lowest BCUT2D eigenvalue weighted by Gasteiger charge is -2.23. The first-order chi connectivity index (χ1) is 15.9. The normalized spacial score (nSPS) is 17.7.